The van der Waals surface area contributed by atoms with Gasteiger partial charge < -0.3 is 10.6 Å². The van der Waals surface area contributed by atoms with Crippen molar-refractivity contribution in [1.29, 1.82) is 0 Å². The lowest BCUT2D eigenvalue weighted by Gasteiger charge is -2.10. The van der Waals surface area contributed by atoms with E-state index in [1.807, 2.05) is 37.3 Å². The summed E-state index contributed by atoms with van der Waals surface area (Å²) in [6.07, 6.45) is 2.16. The van der Waals surface area contributed by atoms with Crippen LogP contribution in [0.2, 0.25) is 0 Å². The third kappa shape index (κ3) is 5.58. The number of carbonyl (C=O) groups is 2. The van der Waals surface area contributed by atoms with Crippen LogP contribution in [-0.4, -0.2) is 11.8 Å². The first-order valence-electron chi connectivity index (χ1n) is 7.76. The smallest absolute Gasteiger partial charge is 0.224 e. The zero-order chi connectivity index (χ0) is 16.7. The third-order valence-electron chi connectivity index (χ3n) is 3.54. The van der Waals surface area contributed by atoms with Gasteiger partial charge in [0.2, 0.25) is 11.8 Å². The first-order chi connectivity index (χ1) is 11.0. The zero-order valence-corrected chi connectivity index (χ0v) is 13.6. The van der Waals surface area contributed by atoms with E-state index in [4.69, 9.17) is 0 Å². The summed E-state index contributed by atoms with van der Waals surface area (Å²) >= 11 is 0. The number of amides is 2. The molecule has 4 heteroatoms. The predicted octanol–water partition coefficient (Wildman–Crippen LogP) is 3.91. The third-order valence-corrected chi connectivity index (χ3v) is 3.54. The van der Waals surface area contributed by atoms with Crippen LogP contribution >= 0.6 is 0 Å². The summed E-state index contributed by atoms with van der Waals surface area (Å²) in [6, 6.07) is 15.6. The van der Waals surface area contributed by atoms with Gasteiger partial charge in [0, 0.05) is 24.7 Å². The molecule has 0 saturated carbocycles. The standard InChI is InChI=1S/C19H22N2O2/c1-14-11-12-17(13-18(14)20-15(2)22)21-19(23)10-6-9-16-7-4-3-5-8-16/h3-5,7-8,11-13H,6,9-10H2,1-2H3,(H,20,22)(H,21,23). The van der Waals surface area contributed by atoms with Crippen molar-refractivity contribution < 1.29 is 9.59 Å². The van der Waals surface area contributed by atoms with Gasteiger partial charge in [-0.05, 0) is 43.0 Å². The Morgan fingerprint density at radius 2 is 1.74 bits per heavy atom. The maximum absolute atomic E-state index is 12.0. The van der Waals surface area contributed by atoms with E-state index in [1.54, 1.807) is 6.07 Å². The lowest BCUT2D eigenvalue weighted by Crippen LogP contribution is -2.13. The molecule has 0 heterocycles. The van der Waals surface area contributed by atoms with Gasteiger partial charge in [-0.25, -0.2) is 0 Å². The monoisotopic (exact) mass is 310 g/mol. The number of rotatable bonds is 6. The largest absolute Gasteiger partial charge is 0.326 e. The van der Waals surface area contributed by atoms with Crippen molar-refractivity contribution in [2.24, 2.45) is 0 Å². The van der Waals surface area contributed by atoms with Crippen molar-refractivity contribution in [2.75, 3.05) is 10.6 Å². The molecule has 0 aromatic heterocycles. The van der Waals surface area contributed by atoms with Crippen molar-refractivity contribution in [3.05, 3.63) is 59.7 Å². The van der Waals surface area contributed by atoms with Crippen molar-refractivity contribution in [2.45, 2.75) is 33.1 Å². The molecular formula is C19H22N2O2. The van der Waals surface area contributed by atoms with Crippen LogP contribution in [0.3, 0.4) is 0 Å². The molecule has 2 N–H and O–H groups in total. The molecule has 23 heavy (non-hydrogen) atoms. The Balaban J connectivity index is 1.86. The van der Waals surface area contributed by atoms with Crippen molar-refractivity contribution in [1.82, 2.24) is 0 Å². The van der Waals surface area contributed by atoms with Crippen LogP contribution in [-0.2, 0) is 16.0 Å². The predicted molar refractivity (Wildman–Crippen MR) is 93.5 cm³/mol. The van der Waals surface area contributed by atoms with Crippen molar-refractivity contribution in [3.63, 3.8) is 0 Å². The fourth-order valence-electron chi connectivity index (χ4n) is 2.35. The molecule has 2 aromatic carbocycles. The Morgan fingerprint density at radius 3 is 2.43 bits per heavy atom. The number of nitrogens with one attached hydrogen (secondary N) is 2. The molecular weight excluding hydrogens is 288 g/mol. The quantitative estimate of drug-likeness (QED) is 0.849. The van der Waals surface area contributed by atoms with Crippen LogP contribution in [0.4, 0.5) is 11.4 Å². The minimum atomic E-state index is -0.126. The molecule has 0 spiro atoms. The van der Waals surface area contributed by atoms with Crippen LogP contribution in [0.25, 0.3) is 0 Å². The molecule has 0 fully saturated rings. The second kappa shape index (κ2) is 8.13. The molecule has 2 amide bonds. The second-order valence-electron chi connectivity index (χ2n) is 5.60. The maximum atomic E-state index is 12.0. The lowest BCUT2D eigenvalue weighted by molar-refractivity contribution is -0.116. The molecule has 120 valence electrons. The topological polar surface area (TPSA) is 58.2 Å². The van der Waals surface area contributed by atoms with Crippen LogP contribution < -0.4 is 10.6 Å². The molecule has 0 aliphatic carbocycles. The van der Waals surface area contributed by atoms with Crippen molar-refractivity contribution >= 4 is 23.2 Å². The van der Waals surface area contributed by atoms with E-state index in [9.17, 15) is 9.59 Å². The average Bonchev–Trinajstić information content (AvgIpc) is 2.51. The molecule has 0 aliphatic heterocycles. The highest BCUT2D eigenvalue weighted by Gasteiger charge is 2.06. The SMILES string of the molecule is CC(=O)Nc1cc(NC(=O)CCCc2ccccc2)ccc1C. The highest BCUT2D eigenvalue weighted by atomic mass is 16.2. The molecule has 0 radical (unpaired) electrons. The van der Waals surface area contributed by atoms with Gasteiger partial charge in [0.1, 0.15) is 0 Å². The Labute approximate surface area is 136 Å². The molecule has 0 unspecified atom stereocenters. The Kier molecular flexibility index (Phi) is 5.92. The Bertz CT molecular complexity index is 681. The fourth-order valence-corrected chi connectivity index (χ4v) is 2.35. The van der Waals surface area contributed by atoms with Crippen LogP contribution in [0.5, 0.6) is 0 Å². The van der Waals surface area contributed by atoms with Crippen molar-refractivity contribution in [3.8, 4) is 0 Å². The molecule has 0 atom stereocenters. The normalized spacial score (nSPS) is 10.2. The Morgan fingerprint density at radius 1 is 1.00 bits per heavy atom. The molecule has 2 aromatic rings. The number of hydrogen-bond donors (Lipinski definition) is 2. The summed E-state index contributed by atoms with van der Waals surface area (Å²) < 4.78 is 0. The highest BCUT2D eigenvalue weighted by molar-refractivity contribution is 5.93. The number of carbonyl (C=O) groups excluding carboxylic acids is 2. The van der Waals surface area contributed by atoms with Crippen LogP contribution in [0.15, 0.2) is 48.5 Å². The molecule has 0 bridgehead atoms. The highest BCUT2D eigenvalue weighted by Crippen LogP contribution is 2.20. The van der Waals surface area contributed by atoms with Gasteiger partial charge in [-0.2, -0.15) is 0 Å². The molecule has 2 rings (SSSR count). The van der Waals surface area contributed by atoms with E-state index in [0.717, 1.165) is 24.1 Å². The minimum absolute atomic E-state index is 0.0152. The summed E-state index contributed by atoms with van der Waals surface area (Å²) in [5, 5.41) is 5.64. The number of hydrogen-bond acceptors (Lipinski definition) is 2. The first-order valence-corrected chi connectivity index (χ1v) is 7.76. The van der Waals surface area contributed by atoms with E-state index < -0.39 is 0 Å². The lowest BCUT2D eigenvalue weighted by atomic mass is 10.1. The zero-order valence-electron chi connectivity index (χ0n) is 13.6. The number of aryl methyl sites for hydroxylation is 2. The van der Waals surface area contributed by atoms with E-state index in [1.165, 1.54) is 12.5 Å². The first kappa shape index (κ1) is 16.7. The summed E-state index contributed by atoms with van der Waals surface area (Å²) in [5.41, 5.74) is 3.62. The minimum Gasteiger partial charge on any atom is -0.326 e. The van der Waals surface area contributed by atoms with Gasteiger partial charge in [-0.1, -0.05) is 36.4 Å². The van der Waals surface area contributed by atoms with Gasteiger partial charge >= 0.3 is 0 Å². The maximum Gasteiger partial charge on any atom is 0.224 e. The van der Waals surface area contributed by atoms with Crippen LogP contribution in [0, 0.1) is 6.92 Å². The van der Waals surface area contributed by atoms with Gasteiger partial charge in [0.25, 0.3) is 0 Å². The second-order valence-corrected chi connectivity index (χ2v) is 5.60. The van der Waals surface area contributed by atoms with Crippen LogP contribution in [0.1, 0.15) is 30.9 Å². The van der Waals surface area contributed by atoms with Gasteiger partial charge in [0.15, 0.2) is 0 Å². The fraction of sp³-hybridized carbons (Fsp3) is 0.263. The van der Waals surface area contributed by atoms with Gasteiger partial charge in [-0.3, -0.25) is 9.59 Å². The summed E-state index contributed by atoms with van der Waals surface area (Å²) in [4.78, 5) is 23.2. The van der Waals surface area contributed by atoms with Gasteiger partial charge in [0.05, 0.1) is 0 Å². The van der Waals surface area contributed by atoms with E-state index in [-0.39, 0.29) is 11.8 Å². The number of anilines is 2. The summed E-state index contributed by atoms with van der Waals surface area (Å²) in [5.74, 6) is -0.141. The summed E-state index contributed by atoms with van der Waals surface area (Å²) in [6.45, 7) is 3.38. The molecule has 0 saturated heterocycles. The molecule has 0 aliphatic rings. The van der Waals surface area contributed by atoms with E-state index in [2.05, 4.69) is 22.8 Å². The van der Waals surface area contributed by atoms with Gasteiger partial charge in [-0.15, -0.1) is 0 Å². The number of benzene rings is 2. The Hall–Kier alpha value is -2.62. The average molecular weight is 310 g/mol. The van der Waals surface area contributed by atoms with E-state index >= 15 is 0 Å². The summed E-state index contributed by atoms with van der Waals surface area (Å²) in [7, 11) is 0. The van der Waals surface area contributed by atoms with E-state index in [0.29, 0.717) is 12.1 Å². The molecule has 4 nitrogen and oxygen atoms in total.